The molecule has 14 nitrogen and oxygen atoms in total. The molecule has 312 valence electrons. The number of phenolic OH excluding ortho intramolecular Hbond substituents is 1. The van der Waals surface area contributed by atoms with Gasteiger partial charge >= 0.3 is 12.1 Å². The average molecular weight is 847 g/mol. The lowest BCUT2D eigenvalue weighted by Crippen LogP contribution is -2.39. The maximum atomic E-state index is 13.5. The van der Waals surface area contributed by atoms with Crippen molar-refractivity contribution in [3.63, 3.8) is 0 Å². The summed E-state index contributed by atoms with van der Waals surface area (Å²) in [6, 6.07) is 22.6. The number of phenols is 1. The van der Waals surface area contributed by atoms with E-state index in [1.807, 2.05) is 69.3 Å². The first-order chi connectivity index (χ1) is 27.8. The largest absolute Gasteiger partial charge is 0.506 e. The highest BCUT2D eigenvalue weighted by molar-refractivity contribution is 6.32. The molecule has 0 spiro atoms. The van der Waals surface area contributed by atoms with Gasteiger partial charge in [-0.15, -0.1) is 0 Å². The van der Waals surface area contributed by atoms with Gasteiger partial charge in [-0.1, -0.05) is 92.5 Å². The van der Waals surface area contributed by atoms with Gasteiger partial charge in [0.1, 0.15) is 41.1 Å². The highest BCUT2D eigenvalue weighted by Gasteiger charge is 2.23. The number of rotatable bonds is 13. The fraction of sp³-hybridized carbons (Fsp3) is 0.326. The molecule has 0 radical (unpaired) electrons. The maximum Gasteiger partial charge on any atom is 0.408 e. The summed E-state index contributed by atoms with van der Waals surface area (Å²) in [6.45, 7) is 13.5. The number of hydrogen-bond acceptors (Lipinski definition) is 8. The van der Waals surface area contributed by atoms with Gasteiger partial charge in [0, 0.05) is 42.4 Å². The van der Waals surface area contributed by atoms with Gasteiger partial charge in [-0.2, -0.15) is 5.10 Å². The van der Waals surface area contributed by atoms with Crippen LogP contribution in [-0.4, -0.2) is 49.6 Å². The smallest absolute Gasteiger partial charge is 0.408 e. The minimum absolute atomic E-state index is 0.0743. The molecule has 2 aromatic heterocycles. The molecule has 0 aliphatic rings. The number of ether oxygens (including phenoxy) is 2. The van der Waals surface area contributed by atoms with E-state index < -0.39 is 23.3 Å². The molecule has 0 saturated carbocycles. The van der Waals surface area contributed by atoms with Gasteiger partial charge in [0.15, 0.2) is 0 Å². The molecular weight excluding hydrogens is 797 g/mol. The lowest BCUT2D eigenvalue weighted by molar-refractivity contribution is -0.120. The Labute approximate surface area is 352 Å². The predicted octanol–water partition coefficient (Wildman–Crippen LogP) is 7.74. The zero-order valence-corrected chi connectivity index (χ0v) is 35.5. The monoisotopic (exact) mass is 845 g/mol. The number of aromatic nitrogens is 3. The van der Waals surface area contributed by atoms with E-state index in [4.69, 9.17) is 32.7 Å². The van der Waals surface area contributed by atoms with Gasteiger partial charge in [-0.05, 0) is 62.1 Å². The normalized spacial score (nSPS) is 11.5. The van der Waals surface area contributed by atoms with E-state index >= 15 is 0 Å². The van der Waals surface area contributed by atoms with Crippen molar-refractivity contribution in [1.29, 1.82) is 0 Å². The number of amides is 4. The molecule has 0 unspecified atom stereocenters. The van der Waals surface area contributed by atoms with Crippen molar-refractivity contribution < 1.29 is 29.0 Å². The zero-order valence-electron chi connectivity index (χ0n) is 34.0. The van der Waals surface area contributed by atoms with Gasteiger partial charge in [0.25, 0.3) is 5.56 Å². The first kappa shape index (κ1) is 44.1. The van der Waals surface area contributed by atoms with Crippen molar-refractivity contribution in [2.45, 2.75) is 85.7 Å². The van der Waals surface area contributed by atoms with Crippen LogP contribution in [0, 0.1) is 6.92 Å². The number of nitrogens with zero attached hydrogens (tertiary/aromatic N) is 3. The van der Waals surface area contributed by atoms with Crippen LogP contribution in [0.15, 0.2) is 83.7 Å². The van der Waals surface area contributed by atoms with Crippen molar-refractivity contribution in [2.24, 2.45) is 0 Å². The van der Waals surface area contributed by atoms with E-state index in [1.165, 1.54) is 10.7 Å². The third-order valence-electron chi connectivity index (χ3n) is 8.86. The molecule has 3 aromatic carbocycles. The van der Waals surface area contributed by atoms with E-state index in [1.54, 1.807) is 56.5 Å². The summed E-state index contributed by atoms with van der Waals surface area (Å²) in [4.78, 5) is 50.9. The summed E-state index contributed by atoms with van der Waals surface area (Å²) in [7, 11) is 0. The first-order valence-corrected chi connectivity index (χ1v) is 19.6. The van der Waals surface area contributed by atoms with Crippen LogP contribution in [0.1, 0.15) is 75.2 Å². The summed E-state index contributed by atoms with van der Waals surface area (Å²) in [5, 5.41) is 26.0. The number of halogens is 2. The van der Waals surface area contributed by atoms with Gasteiger partial charge in [0.05, 0.1) is 22.9 Å². The van der Waals surface area contributed by atoms with Crippen molar-refractivity contribution in [3.8, 4) is 17.2 Å². The third kappa shape index (κ3) is 12.3. The van der Waals surface area contributed by atoms with E-state index in [0.717, 1.165) is 27.9 Å². The van der Waals surface area contributed by atoms with Gasteiger partial charge < -0.3 is 35.1 Å². The molecule has 0 saturated heterocycles. The van der Waals surface area contributed by atoms with Crippen molar-refractivity contribution in [3.05, 3.63) is 133 Å². The van der Waals surface area contributed by atoms with Gasteiger partial charge in [-0.25, -0.2) is 14.3 Å². The Bertz CT molecular complexity index is 2400. The quantitative estimate of drug-likeness (QED) is 0.0799. The van der Waals surface area contributed by atoms with E-state index in [2.05, 4.69) is 26.4 Å². The highest BCUT2D eigenvalue weighted by atomic mass is 35.5. The first-order valence-electron chi connectivity index (χ1n) is 18.8. The number of alkyl carbamates (subject to hydrolysis) is 1. The molecule has 5 N–H and O–H groups in total. The summed E-state index contributed by atoms with van der Waals surface area (Å²) in [5.41, 5.74) is 3.61. The minimum Gasteiger partial charge on any atom is -0.506 e. The van der Waals surface area contributed by atoms with Crippen LogP contribution in [0.2, 0.25) is 10.0 Å². The summed E-state index contributed by atoms with van der Waals surface area (Å²) < 4.78 is 14.3. The molecule has 4 amide bonds. The fourth-order valence-corrected chi connectivity index (χ4v) is 6.12. The number of aromatic hydroxyl groups is 1. The van der Waals surface area contributed by atoms with Crippen LogP contribution >= 0.6 is 23.2 Å². The van der Waals surface area contributed by atoms with Crippen molar-refractivity contribution >= 4 is 47.1 Å². The summed E-state index contributed by atoms with van der Waals surface area (Å²) >= 11 is 12.6. The summed E-state index contributed by atoms with van der Waals surface area (Å²) in [5.74, 6) is 0.124. The van der Waals surface area contributed by atoms with Crippen LogP contribution in [0.4, 0.5) is 15.4 Å². The molecule has 0 atom stereocenters. The topological polar surface area (TPSA) is 178 Å². The highest BCUT2D eigenvalue weighted by Crippen LogP contribution is 2.30. The van der Waals surface area contributed by atoms with Crippen LogP contribution in [0.3, 0.4) is 0 Å². The number of carbonyl (C=O) groups is 3. The molecule has 0 fully saturated rings. The second-order valence-corrected chi connectivity index (χ2v) is 16.7. The van der Waals surface area contributed by atoms with E-state index in [-0.39, 0.29) is 65.7 Å². The molecule has 5 aromatic rings. The maximum absolute atomic E-state index is 13.5. The van der Waals surface area contributed by atoms with Gasteiger partial charge in [0.2, 0.25) is 5.91 Å². The Kier molecular flexibility index (Phi) is 14.0. The number of hydrogen-bond donors (Lipinski definition) is 5. The molecule has 0 aliphatic carbocycles. The second kappa shape index (κ2) is 18.7. The van der Waals surface area contributed by atoms with Crippen molar-refractivity contribution in [1.82, 2.24) is 30.3 Å². The van der Waals surface area contributed by atoms with Crippen LogP contribution < -0.4 is 31.6 Å². The third-order valence-corrected chi connectivity index (χ3v) is 9.53. The molecule has 5 rings (SSSR count). The lowest BCUT2D eigenvalue weighted by atomic mass is 9.92. The molecule has 0 bridgehead atoms. The number of pyridine rings is 1. The standard InChI is InChI=1S/C43H49Cl2N7O7/c1-26-17-34(38(45)39(55)51(26)24-28-12-10-11-27(18-28)21-46-37(54)23-48-41(57)59-43(5,6)7)58-25-30-14-9-8-13-29(30)22-47-40(56)49-36-20-35(42(2,3)4)50-52(36)31-15-16-32(44)33(53)19-31/h8-20,53H,21-25H2,1-7H3,(H,46,54)(H,48,57)(H2,47,49,56). The van der Waals surface area contributed by atoms with Crippen LogP contribution in [0.5, 0.6) is 11.5 Å². The predicted molar refractivity (Wildman–Crippen MR) is 228 cm³/mol. The Morgan fingerprint density at radius 2 is 1.54 bits per heavy atom. The molecular formula is C43H49Cl2N7O7. The molecule has 0 aliphatic heterocycles. The Hall–Kier alpha value is -5.99. The zero-order chi connectivity index (χ0) is 43.1. The Morgan fingerprint density at radius 1 is 0.831 bits per heavy atom. The summed E-state index contributed by atoms with van der Waals surface area (Å²) in [6.07, 6.45) is -0.679. The Morgan fingerprint density at radius 3 is 2.24 bits per heavy atom. The number of benzene rings is 3. The molecule has 2 heterocycles. The SMILES string of the molecule is Cc1cc(OCc2ccccc2CNC(=O)Nc2cc(C(C)(C)C)nn2-c2ccc(Cl)c(O)c2)c(Cl)c(=O)n1Cc1cccc(CNC(=O)CNC(=O)OC(C)(C)C)c1. The van der Waals surface area contributed by atoms with Crippen LogP contribution in [0.25, 0.3) is 5.69 Å². The molecule has 16 heteroatoms. The Balaban J connectivity index is 1.20. The lowest BCUT2D eigenvalue weighted by Gasteiger charge is -2.19. The number of urea groups is 1. The second-order valence-electron chi connectivity index (χ2n) is 15.9. The van der Waals surface area contributed by atoms with E-state index in [9.17, 15) is 24.3 Å². The van der Waals surface area contributed by atoms with Gasteiger partial charge in [-0.3, -0.25) is 14.9 Å². The van der Waals surface area contributed by atoms with E-state index in [0.29, 0.717) is 17.2 Å². The molecule has 59 heavy (non-hydrogen) atoms. The number of carbonyl (C=O) groups excluding carboxylic acids is 3. The number of anilines is 1. The fourth-order valence-electron chi connectivity index (χ4n) is 5.80. The number of nitrogens with one attached hydrogen (secondary N) is 4. The number of aryl methyl sites for hydroxylation is 1. The van der Waals surface area contributed by atoms with Crippen LogP contribution in [-0.2, 0) is 41.2 Å². The van der Waals surface area contributed by atoms with Crippen molar-refractivity contribution in [2.75, 3.05) is 11.9 Å². The average Bonchev–Trinajstić information content (AvgIpc) is 3.60. The minimum atomic E-state index is -0.679.